The number of hydrogen-bond acceptors (Lipinski definition) is 3. The number of carbonyl (C=O) groups is 1. The SMILES string of the molecule is COCCC1(CNC(=O)C(N)c2ccc(C)cc2)CCCC1.Cl. The molecule has 1 saturated carbocycles. The number of rotatable bonds is 7. The minimum absolute atomic E-state index is 0. The smallest absolute Gasteiger partial charge is 0.241 e. The molecular formula is C18H29ClN2O2. The number of carbonyl (C=O) groups excluding carboxylic acids is 1. The first-order valence-electron chi connectivity index (χ1n) is 8.15. The second-order valence-electron chi connectivity index (χ2n) is 6.56. The minimum Gasteiger partial charge on any atom is -0.385 e. The van der Waals surface area contributed by atoms with E-state index in [0.717, 1.165) is 31.4 Å². The number of hydrogen-bond donors (Lipinski definition) is 2. The molecule has 1 aliphatic rings. The van der Waals surface area contributed by atoms with Crippen molar-refractivity contribution in [3.05, 3.63) is 35.4 Å². The van der Waals surface area contributed by atoms with Crippen molar-refractivity contribution in [2.24, 2.45) is 11.1 Å². The van der Waals surface area contributed by atoms with Gasteiger partial charge in [0.1, 0.15) is 6.04 Å². The van der Waals surface area contributed by atoms with E-state index in [0.29, 0.717) is 6.54 Å². The van der Waals surface area contributed by atoms with Gasteiger partial charge >= 0.3 is 0 Å². The van der Waals surface area contributed by atoms with Crippen molar-refractivity contribution in [2.75, 3.05) is 20.3 Å². The van der Waals surface area contributed by atoms with Gasteiger partial charge in [0.2, 0.25) is 5.91 Å². The lowest BCUT2D eigenvalue weighted by Gasteiger charge is -2.29. The Bertz CT molecular complexity index is 484. The minimum atomic E-state index is -0.596. The molecule has 1 atom stereocenters. The molecule has 0 aromatic heterocycles. The fourth-order valence-corrected chi connectivity index (χ4v) is 3.27. The maximum atomic E-state index is 12.3. The standard InChI is InChI=1S/C18H28N2O2.ClH/c1-14-5-7-15(8-6-14)16(19)17(21)20-13-18(11-12-22-2)9-3-4-10-18;/h5-8,16H,3-4,9-13,19H2,1-2H3,(H,20,21);1H. The lowest BCUT2D eigenvalue weighted by atomic mass is 9.83. The fourth-order valence-electron chi connectivity index (χ4n) is 3.27. The highest BCUT2D eigenvalue weighted by Gasteiger charge is 2.34. The van der Waals surface area contributed by atoms with Crippen LogP contribution in [0.25, 0.3) is 0 Å². The molecule has 0 aliphatic heterocycles. The molecule has 0 radical (unpaired) electrons. The Balaban J connectivity index is 0.00000264. The molecule has 2 rings (SSSR count). The van der Waals surface area contributed by atoms with Crippen LogP contribution in [0.5, 0.6) is 0 Å². The van der Waals surface area contributed by atoms with Crippen molar-refractivity contribution in [1.82, 2.24) is 5.32 Å². The molecule has 130 valence electrons. The maximum Gasteiger partial charge on any atom is 0.241 e. The molecule has 5 heteroatoms. The molecule has 23 heavy (non-hydrogen) atoms. The first kappa shape index (κ1) is 19.9. The summed E-state index contributed by atoms with van der Waals surface area (Å²) in [4.78, 5) is 12.3. The van der Waals surface area contributed by atoms with E-state index in [1.165, 1.54) is 18.4 Å². The summed E-state index contributed by atoms with van der Waals surface area (Å²) in [5.41, 5.74) is 8.30. The van der Waals surface area contributed by atoms with Gasteiger partial charge < -0.3 is 15.8 Å². The quantitative estimate of drug-likeness (QED) is 0.801. The van der Waals surface area contributed by atoms with E-state index in [1.807, 2.05) is 31.2 Å². The van der Waals surface area contributed by atoms with Crippen LogP contribution in [0.3, 0.4) is 0 Å². The number of nitrogens with one attached hydrogen (secondary N) is 1. The molecule has 1 fully saturated rings. The molecule has 3 N–H and O–H groups in total. The Hall–Kier alpha value is -1.10. The summed E-state index contributed by atoms with van der Waals surface area (Å²) in [6, 6.07) is 7.23. The molecule has 1 aromatic rings. The van der Waals surface area contributed by atoms with Crippen LogP contribution in [0.2, 0.25) is 0 Å². The zero-order valence-corrected chi connectivity index (χ0v) is 15.0. The lowest BCUT2D eigenvalue weighted by molar-refractivity contribution is -0.123. The average Bonchev–Trinajstić information content (AvgIpc) is 3.00. The topological polar surface area (TPSA) is 64.3 Å². The second kappa shape index (κ2) is 9.26. The van der Waals surface area contributed by atoms with E-state index in [2.05, 4.69) is 5.32 Å². The Morgan fingerprint density at radius 1 is 1.30 bits per heavy atom. The van der Waals surface area contributed by atoms with Crippen LogP contribution in [0.1, 0.15) is 49.3 Å². The Morgan fingerprint density at radius 2 is 1.91 bits per heavy atom. The van der Waals surface area contributed by atoms with Crippen molar-refractivity contribution < 1.29 is 9.53 Å². The van der Waals surface area contributed by atoms with Crippen LogP contribution in [0.4, 0.5) is 0 Å². The highest BCUT2D eigenvalue weighted by molar-refractivity contribution is 5.85. The van der Waals surface area contributed by atoms with Gasteiger partial charge in [0, 0.05) is 20.3 Å². The van der Waals surface area contributed by atoms with Crippen molar-refractivity contribution >= 4 is 18.3 Å². The van der Waals surface area contributed by atoms with Gasteiger partial charge in [-0.1, -0.05) is 42.7 Å². The van der Waals surface area contributed by atoms with Crippen LogP contribution in [-0.4, -0.2) is 26.2 Å². The summed E-state index contributed by atoms with van der Waals surface area (Å²) in [5, 5.41) is 3.07. The molecule has 0 saturated heterocycles. The summed E-state index contributed by atoms with van der Waals surface area (Å²) in [6.07, 6.45) is 5.81. The molecule has 4 nitrogen and oxygen atoms in total. The Morgan fingerprint density at radius 3 is 2.48 bits per heavy atom. The van der Waals surface area contributed by atoms with Crippen LogP contribution in [-0.2, 0) is 9.53 Å². The van der Waals surface area contributed by atoms with Crippen LogP contribution in [0.15, 0.2) is 24.3 Å². The lowest BCUT2D eigenvalue weighted by Crippen LogP contribution is -2.41. The largest absolute Gasteiger partial charge is 0.385 e. The van der Waals surface area contributed by atoms with Crippen LogP contribution < -0.4 is 11.1 Å². The predicted octanol–water partition coefficient (Wildman–Crippen LogP) is 3.13. The van der Waals surface area contributed by atoms with Gasteiger partial charge in [-0.3, -0.25) is 4.79 Å². The number of ether oxygens (including phenoxy) is 1. The Kier molecular flexibility index (Phi) is 8.03. The van der Waals surface area contributed by atoms with E-state index in [9.17, 15) is 4.79 Å². The van der Waals surface area contributed by atoms with Crippen LogP contribution >= 0.6 is 12.4 Å². The van der Waals surface area contributed by atoms with Gasteiger partial charge in [-0.05, 0) is 37.2 Å². The van der Waals surface area contributed by atoms with Gasteiger partial charge in [0.25, 0.3) is 0 Å². The first-order valence-corrected chi connectivity index (χ1v) is 8.15. The third kappa shape index (κ3) is 5.48. The molecule has 0 spiro atoms. The van der Waals surface area contributed by atoms with Gasteiger partial charge in [0.05, 0.1) is 0 Å². The number of halogens is 1. The molecule has 0 bridgehead atoms. The molecule has 1 aliphatic carbocycles. The zero-order valence-electron chi connectivity index (χ0n) is 14.1. The normalized spacial score (nSPS) is 17.3. The van der Waals surface area contributed by atoms with Gasteiger partial charge in [-0.2, -0.15) is 0 Å². The number of aryl methyl sites for hydroxylation is 1. The van der Waals surface area contributed by atoms with E-state index in [-0.39, 0.29) is 23.7 Å². The van der Waals surface area contributed by atoms with Crippen molar-refractivity contribution in [3.8, 4) is 0 Å². The van der Waals surface area contributed by atoms with Crippen molar-refractivity contribution in [1.29, 1.82) is 0 Å². The van der Waals surface area contributed by atoms with Gasteiger partial charge in [-0.15, -0.1) is 12.4 Å². The fraction of sp³-hybridized carbons (Fsp3) is 0.611. The average molecular weight is 341 g/mol. The highest BCUT2D eigenvalue weighted by atomic mass is 35.5. The van der Waals surface area contributed by atoms with Crippen molar-refractivity contribution in [2.45, 2.75) is 45.1 Å². The first-order chi connectivity index (χ1) is 10.6. The number of methoxy groups -OCH3 is 1. The zero-order chi connectivity index (χ0) is 16.0. The highest BCUT2D eigenvalue weighted by Crippen LogP contribution is 2.40. The summed E-state index contributed by atoms with van der Waals surface area (Å²) >= 11 is 0. The molecule has 0 heterocycles. The summed E-state index contributed by atoms with van der Waals surface area (Å²) in [6.45, 7) is 3.48. The second-order valence-corrected chi connectivity index (χ2v) is 6.56. The van der Waals surface area contributed by atoms with Gasteiger partial charge in [0.15, 0.2) is 0 Å². The summed E-state index contributed by atoms with van der Waals surface area (Å²) < 4.78 is 5.23. The summed E-state index contributed by atoms with van der Waals surface area (Å²) in [5.74, 6) is -0.0902. The number of benzene rings is 1. The number of nitrogens with two attached hydrogens (primary N) is 1. The maximum absolute atomic E-state index is 12.3. The third-order valence-corrected chi connectivity index (χ3v) is 4.86. The number of amides is 1. The van der Waals surface area contributed by atoms with E-state index < -0.39 is 6.04 Å². The van der Waals surface area contributed by atoms with E-state index in [4.69, 9.17) is 10.5 Å². The third-order valence-electron chi connectivity index (χ3n) is 4.86. The summed E-state index contributed by atoms with van der Waals surface area (Å²) in [7, 11) is 1.73. The van der Waals surface area contributed by atoms with Crippen molar-refractivity contribution in [3.63, 3.8) is 0 Å². The molecule has 1 unspecified atom stereocenters. The predicted molar refractivity (Wildman–Crippen MR) is 95.8 cm³/mol. The van der Waals surface area contributed by atoms with Crippen LogP contribution in [0, 0.1) is 12.3 Å². The van der Waals surface area contributed by atoms with E-state index in [1.54, 1.807) is 7.11 Å². The Labute approximate surface area is 145 Å². The monoisotopic (exact) mass is 340 g/mol. The van der Waals surface area contributed by atoms with Gasteiger partial charge in [-0.25, -0.2) is 0 Å². The molecule has 1 aromatic carbocycles. The van der Waals surface area contributed by atoms with E-state index >= 15 is 0 Å². The molecule has 1 amide bonds. The molecular weight excluding hydrogens is 312 g/mol.